The van der Waals surface area contributed by atoms with E-state index in [4.69, 9.17) is 21.8 Å². The van der Waals surface area contributed by atoms with Crippen LogP contribution in [0.1, 0.15) is 11.5 Å². The number of aromatic nitrogens is 1. The lowest BCUT2D eigenvalue weighted by Crippen LogP contribution is -1.97. The van der Waals surface area contributed by atoms with Gasteiger partial charge >= 0.3 is 0 Å². The molecule has 1 heterocycles. The van der Waals surface area contributed by atoms with Crippen LogP contribution in [0.4, 0.5) is 0 Å². The van der Waals surface area contributed by atoms with E-state index in [1.165, 1.54) is 0 Å². The quantitative estimate of drug-likeness (QED) is 0.850. The Morgan fingerprint density at radius 3 is 2.73 bits per heavy atom. The Bertz CT molecular complexity index is 479. The van der Waals surface area contributed by atoms with Gasteiger partial charge in [0.2, 0.25) is 5.89 Å². The van der Waals surface area contributed by atoms with E-state index in [9.17, 15) is 0 Å². The third kappa shape index (κ3) is 1.89. The molecule has 0 saturated heterocycles. The number of nitrogens with zero attached hydrogens (tertiary/aromatic N) is 1. The topological polar surface area (TPSA) is 52.0 Å². The fraction of sp³-hybridized carbons (Fsp3) is 0.182. The highest BCUT2D eigenvalue weighted by Crippen LogP contribution is 2.28. The Morgan fingerprint density at radius 1 is 1.40 bits per heavy atom. The molecule has 0 aliphatic rings. The van der Waals surface area contributed by atoms with Crippen LogP contribution in [0.2, 0.25) is 5.02 Å². The first-order valence-corrected chi connectivity index (χ1v) is 5.01. The van der Waals surface area contributed by atoms with Gasteiger partial charge in [0.1, 0.15) is 5.76 Å². The predicted molar refractivity (Wildman–Crippen MR) is 59.6 cm³/mol. The highest BCUT2D eigenvalue weighted by atomic mass is 35.5. The summed E-state index contributed by atoms with van der Waals surface area (Å²) in [7, 11) is 0. The number of hydrogen-bond acceptors (Lipinski definition) is 3. The molecule has 78 valence electrons. The third-order valence-corrected chi connectivity index (χ3v) is 2.52. The van der Waals surface area contributed by atoms with Crippen molar-refractivity contribution >= 4 is 11.6 Å². The standard InChI is InChI=1S/C11H11ClN2O/c1-7-10(6-13)14-11(15-7)8-4-2-3-5-9(8)12/h2-5H,6,13H2,1H3. The molecule has 0 bridgehead atoms. The summed E-state index contributed by atoms with van der Waals surface area (Å²) in [5, 5.41) is 0.627. The first-order chi connectivity index (χ1) is 7.22. The molecule has 0 aliphatic carbocycles. The molecule has 2 aromatic rings. The number of nitrogens with two attached hydrogens (primary N) is 1. The largest absolute Gasteiger partial charge is 0.441 e. The smallest absolute Gasteiger partial charge is 0.228 e. The van der Waals surface area contributed by atoms with Crippen LogP contribution in [0.25, 0.3) is 11.5 Å². The molecular weight excluding hydrogens is 212 g/mol. The molecule has 0 radical (unpaired) electrons. The second-order valence-electron chi connectivity index (χ2n) is 3.21. The summed E-state index contributed by atoms with van der Waals surface area (Å²) in [4.78, 5) is 4.28. The van der Waals surface area contributed by atoms with Crippen molar-refractivity contribution in [3.05, 3.63) is 40.7 Å². The molecule has 3 nitrogen and oxygen atoms in total. The van der Waals surface area contributed by atoms with Gasteiger partial charge in [-0.1, -0.05) is 23.7 Å². The lowest BCUT2D eigenvalue weighted by Gasteiger charge is -1.97. The minimum Gasteiger partial charge on any atom is -0.441 e. The zero-order valence-electron chi connectivity index (χ0n) is 8.33. The number of hydrogen-bond donors (Lipinski definition) is 1. The zero-order chi connectivity index (χ0) is 10.8. The van der Waals surface area contributed by atoms with Crippen molar-refractivity contribution in [3.63, 3.8) is 0 Å². The summed E-state index contributed by atoms with van der Waals surface area (Å²) >= 11 is 6.03. The van der Waals surface area contributed by atoms with Crippen molar-refractivity contribution in [2.75, 3.05) is 0 Å². The summed E-state index contributed by atoms with van der Waals surface area (Å²) in [6, 6.07) is 7.43. The minimum absolute atomic E-state index is 0.375. The van der Waals surface area contributed by atoms with E-state index in [1.54, 1.807) is 6.07 Å². The van der Waals surface area contributed by atoms with Gasteiger partial charge in [0, 0.05) is 6.54 Å². The summed E-state index contributed by atoms with van der Waals surface area (Å²) in [6.45, 7) is 2.22. The van der Waals surface area contributed by atoms with Crippen LogP contribution in [0.3, 0.4) is 0 Å². The second-order valence-corrected chi connectivity index (χ2v) is 3.61. The van der Waals surface area contributed by atoms with Gasteiger partial charge in [0.25, 0.3) is 0 Å². The van der Waals surface area contributed by atoms with E-state index in [2.05, 4.69) is 4.98 Å². The van der Waals surface area contributed by atoms with Crippen molar-refractivity contribution in [1.29, 1.82) is 0 Å². The molecule has 2 rings (SSSR count). The summed E-state index contributed by atoms with van der Waals surface area (Å²) in [5.41, 5.74) is 7.09. The molecule has 1 aromatic carbocycles. The second kappa shape index (κ2) is 4.04. The normalized spacial score (nSPS) is 10.6. The van der Waals surface area contributed by atoms with Gasteiger partial charge in [0.15, 0.2) is 0 Å². The maximum atomic E-state index is 6.03. The van der Waals surface area contributed by atoms with Crippen molar-refractivity contribution in [3.8, 4) is 11.5 Å². The highest BCUT2D eigenvalue weighted by Gasteiger charge is 2.12. The number of rotatable bonds is 2. The minimum atomic E-state index is 0.375. The lowest BCUT2D eigenvalue weighted by molar-refractivity contribution is 0.539. The molecular formula is C11H11ClN2O. The maximum absolute atomic E-state index is 6.03. The van der Waals surface area contributed by atoms with E-state index in [0.717, 1.165) is 17.0 Å². The van der Waals surface area contributed by atoms with Crippen molar-refractivity contribution < 1.29 is 4.42 Å². The molecule has 0 unspecified atom stereocenters. The summed E-state index contributed by atoms with van der Waals surface area (Å²) in [5.74, 6) is 1.27. The zero-order valence-corrected chi connectivity index (χ0v) is 9.08. The molecule has 15 heavy (non-hydrogen) atoms. The third-order valence-electron chi connectivity index (χ3n) is 2.19. The van der Waals surface area contributed by atoms with Gasteiger partial charge in [0.05, 0.1) is 16.3 Å². The Balaban J connectivity index is 2.50. The molecule has 0 aliphatic heterocycles. The Morgan fingerprint density at radius 2 is 2.13 bits per heavy atom. The van der Waals surface area contributed by atoms with Crippen LogP contribution >= 0.6 is 11.6 Å². The fourth-order valence-electron chi connectivity index (χ4n) is 1.37. The van der Waals surface area contributed by atoms with Crippen LogP contribution < -0.4 is 5.73 Å². The van der Waals surface area contributed by atoms with Gasteiger partial charge in [-0.2, -0.15) is 0 Å². The van der Waals surface area contributed by atoms with E-state index in [-0.39, 0.29) is 0 Å². The van der Waals surface area contributed by atoms with Crippen LogP contribution in [0.15, 0.2) is 28.7 Å². The van der Waals surface area contributed by atoms with Crippen LogP contribution in [-0.4, -0.2) is 4.98 Å². The molecule has 0 amide bonds. The van der Waals surface area contributed by atoms with Gasteiger partial charge in [-0.05, 0) is 19.1 Å². The van der Waals surface area contributed by atoms with Gasteiger partial charge in [-0.15, -0.1) is 0 Å². The van der Waals surface area contributed by atoms with Crippen molar-refractivity contribution in [1.82, 2.24) is 4.98 Å². The number of benzene rings is 1. The number of oxazole rings is 1. The fourth-order valence-corrected chi connectivity index (χ4v) is 1.58. The summed E-state index contributed by atoms with van der Waals surface area (Å²) in [6.07, 6.45) is 0. The SMILES string of the molecule is Cc1oc(-c2ccccc2Cl)nc1CN. The maximum Gasteiger partial charge on any atom is 0.228 e. The van der Waals surface area contributed by atoms with Crippen LogP contribution in [0, 0.1) is 6.92 Å². The first-order valence-electron chi connectivity index (χ1n) is 4.63. The van der Waals surface area contributed by atoms with Crippen LogP contribution in [0.5, 0.6) is 0 Å². The van der Waals surface area contributed by atoms with Gasteiger partial charge < -0.3 is 10.2 Å². The molecule has 0 fully saturated rings. The van der Waals surface area contributed by atoms with E-state index in [0.29, 0.717) is 17.5 Å². The predicted octanol–water partition coefficient (Wildman–Crippen LogP) is 2.76. The van der Waals surface area contributed by atoms with E-state index >= 15 is 0 Å². The highest BCUT2D eigenvalue weighted by molar-refractivity contribution is 6.33. The lowest BCUT2D eigenvalue weighted by atomic mass is 10.2. The van der Waals surface area contributed by atoms with Crippen LogP contribution in [-0.2, 0) is 6.54 Å². The van der Waals surface area contributed by atoms with Gasteiger partial charge in [-0.25, -0.2) is 4.98 Å². The average Bonchev–Trinajstić information content (AvgIpc) is 2.60. The Hall–Kier alpha value is -1.32. The Kier molecular flexibility index (Phi) is 2.75. The first kappa shape index (κ1) is 10.2. The van der Waals surface area contributed by atoms with Crippen molar-refractivity contribution in [2.24, 2.45) is 5.73 Å². The molecule has 4 heteroatoms. The monoisotopic (exact) mass is 222 g/mol. The molecule has 1 aromatic heterocycles. The Labute approximate surface area is 92.9 Å². The van der Waals surface area contributed by atoms with E-state index < -0.39 is 0 Å². The molecule has 0 spiro atoms. The molecule has 0 saturated carbocycles. The number of halogens is 1. The van der Waals surface area contributed by atoms with E-state index in [1.807, 2.05) is 25.1 Å². The summed E-state index contributed by atoms with van der Waals surface area (Å²) < 4.78 is 5.50. The van der Waals surface area contributed by atoms with Gasteiger partial charge in [-0.3, -0.25) is 0 Å². The molecule has 0 atom stereocenters. The number of aryl methyl sites for hydroxylation is 1. The van der Waals surface area contributed by atoms with Crippen molar-refractivity contribution in [2.45, 2.75) is 13.5 Å². The molecule has 2 N–H and O–H groups in total. The average molecular weight is 223 g/mol.